The van der Waals surface area contributed by atoms with E-state index in [4.69, 9.17) is 4.74 Å². The van der Waals surface area contributed by atoms with Crippen LogP contribution in [-0.4, -0.2) is 27.2 Å². The van der Waals surface area contributed by atoms with Crippen molar-refractivity contribution >= 4 is 0 Å². The second-order valence-electron chi connectivity index (χ2n) is 4.66. The highest BCUT2D eigenvalue weighted by Gasteiger charge is 2.16. The summed E-state index contributed by atoms with van der Waals surface area (Å²) in [7, 11) is 1.59. The average Bonchev–Trinajstić information content (AvgIpc) is 2.99. The van der Waals surface area contributed by atoms with E-state index in [2.05, 4.69) is 10.3 Å². The number of ether oxygens (including phenoxy) is 1. The summed E-state index contributed by atoms with van der Waals surface area (Å²) in [5.74, 6) is 0.363. The van der Waals surface area contributed by atoms with E-state index in [9.17, 15) is 9.50 Å². The van der Waals surface area contributed by atoms with Crippen LogP contribution in [-0.2, 0) is 6.61 Å². The second-order valence-corrected chi connectivity index (χ2v) is 4.66. The fraction of sp³-hybridized carbons (Fsp3) is 0.125. The predicted molar refractivity (Wildman–Crippen MR) is 79.2 cm³/mol. The summed E-state index contributed by atoms with van der Waals surface area (Å²) in [6.07, 6.45) is 0. The van der Waals surface area contributed by atoms with Crippen molar-refractivity contribution in [2.45, 2.75) is 6.61 Å². The van der Waals surface area contributed by atoms with Crippen LogP contribution in [0.1, 0.15) is 5.69 Å². The van der Waals surface area contributed by atoms with Gasteiger partial charge in [-0.15, -0.1) is 5.10 Å². The molecular formula is C16H14FN3O2. The van der Waals surface area contributed by atoms with E-state index in [0.29, 0.717) is 17.0 Å². The number of hydrogen-bond donors (Lipinski definition) is 1. The summed E-state index contributed by atoms with van der Waals surface area (Å²) in [5, 5.41) is 17.5. The van der Waals surface area contributed by atoms with Gasteiger partial charge in [0, 0.05) is 5.56 Å². The number of hydrogen-bond acceptors (Lipinski definition) is 4. The lowest BCUT2D eigenvalue weighted by atomic mass is 10.1. The van der Waals surface area contributed by atoms with Crippen LogP contribution in [0.25, 0.3) is 16.9 Å². The molecule has 1 aromatic heterocycles. The smallest absolute Gasteiger partial charge is 0.123 e. The predicted octanol–water partition coefficient (Wildman–Crippen LogP) is 2.57. The first kappa shape index (κ1) is 14.2. The molecule has 0 aliphatic heterocycles. The third-order valence-electron chi connectivity index (χ3n) is 3.30. The molecule has 22 heavy (non-hydrogen) atoms. The van der Waals surface area contributed by atoms with Crippen molar-refractivity contribution in [3.8, 4) is 22.7 Å². The summed E-state index contributed by atoms with van der Waals surface area (Å²) in [6.45, 7) is -0.276. The van der Waals surface area contributed by atoms with Gasteiger partial charge >= 0.3 is 0 Å². The lowest BCUT2D eigenvalue weighted by Gasteiger charge is -2.08. The minimum Gasteiger partial charge on any atom is -0.497 e. The first-order valence-electron chi connectivity index (χ1n) is 6.68. The summed E-state index contributed by atoms with van der Waals surface area (Å²) < 4.78 is 20.2. The molecule has 0 spiro atoms. The van der Waals surface area contributed by atoms with Crippen molar-refractivity contribution in [1.82, 2.24) is 15.0 Å². The monoisotopic (exact) mass is 299 g/mol. The molecule has 0 aliphatic rings. The van der Waals surface area contributed by atoms with Crippen LogP contribution >= 0.6 is 0 Å². The molecule has 0 saturated heterocycles. The lowest BCUT2D eigenvalue weighted by molar-refractivity contribution is 0.277. The van der Waals surface area contributed by atoms with Crippen molar-refractivity contribution < 1.29 is 14.2 Å². The van der Waals surface area contributed by atoms with Crippen molar-refractivity contribution in [3.05, 3.63) is 60.0 Å². The molecule has 0 bridgehead atoms. The molecular weight excluding hydrogens is 285 g/mol. The Labute approximate surface area is 126 Å². The Hall–Kier alpha value is -2.73. The largest absolute Gasteiger partial charge is 0.497 e. The van der Waals surface area contributed by atoms with Gasteiger partial charge in [-0.2, -0.15) is 0 Å². The highest BCUT2D eigenvalue weighted by molar-refractivity contribution is 5.64. The van der Waals surface area contributed by atoms with Crippen molar-refractivity contribution in [2.75, 3.05) is 7.11 Å². The standard InChI is InChI=1S/C16H14FN3O2/c1-22-14-7-5-13(6-8-14)20-16(15(10-21)18-19-20)11-3-2-4-12(17)9-11/h2-9,21H,10H2,1H3. The molecule has 0 atom stereocenters. The maximum Gasteiger partial charge on any atom is 0.123 e. The molecule has 3 rings (SSSR count). The van der Waals surface area contributed by atoms with Gasteiger partial charge in [0.1, 0.15) is 23.0 Å². The molecule has 6 heteroatoms. The van der Waals surface area contributed by atoms with Gasteiger partial charge in [0.05, 0.1) is 19.4 Å². The van der Waals surface area contributed by atoms with Crippen LogP contribution in [0.3, 0.4) is 0 Å². The molecule has 0 aliphatic carbocycles. The Balaban J connectivity index is 2.14. The highest BCUT2D eigenvalue weighted by Crippen LogP contribution is 2.26. The molecule has 5 nitrogen and oxygen atoms in total. The van der Waals surface area contributed by atoms with E-state index in [1.165, 1.54) is 12.1 Å². The van der Waals surface area contributed by atoms with Gasteiger partial charge in [0.15, 0.2) is 0 Å². The third kappa shape index (κ3) is 2.56. The summed E-state index contributed by atoms with van der Waals surface area (Å²) in [6, 6.07) is 13.3. The number of aromatic nitrogens is 3. The first-order chi connectivity index (χ1) is 10.7. The van der Waals surface area contributed by atoms with E-state index < -0.39 is 0 Å². The van der Waals surface area contributed by atoms with Gasteiger partial charge in [-0.1, -0.05) is 17.3 Å². The Morgan fingerprint density at radius 3 is 2.59 bits per heavy atom. The van der Waals surface area contributed by atoms with Gasteiger partial charge in [-0.3, -0.25) is 0 Å². The van der Waals surface area contributed by atoms with Crippen LogP contribution < -0.4 is 4.74 Å². The number of benzene rings is 2. The minimum absolute atomic E-state index is 0.276. The SMILES string of the molecule is COc1ccc(-n2nnc(CO)c2-c2cccc(F)c2)cc1. The molecule has 1 heterocycles. The second kappa shape index (κ2) is 5.95. The van der Waals surface area contributed by atoms with Crippen LogP contribution in [0.15, 0.2) is 48.5 Å². The number of aliphatic hydroxyl groups is 1. The van der Waals surface area contributed by atoms with E-state index in [-0.39, 0.29) is 12.4 Å². The van der Waals surface area contributed by atoms with E-state index in [1.807, 2.05) is 12.1 Å². The van der Waals surface area contributed by atoms with Gasteiger partial charge in [0.25, 0.3) is 0 Å². The van der Waals surface area contributed by atoms with Crippen LogP contribution in [0.4, 0.5) is 4.39 Å². The van der Waals surface area contributed by atoms with Crippen molar-refractivity contribution in [2.24, 2.45) is 0 Å². The Bertz CT molecular complexity index is 784. The minimum atomic E-state index is -0.358. The number of methoxy groups -OCH3 is 1. The molecule has 0 radical (unpaired) electrons. The normalized spacial score (nSPS) is 10.7. The highest BCUT2D eigenvalue weighted by atomic mass is 19.1. The summed E-state index contributed by atoms with van der Waals surface area (Å²) >= 11 is 0. The lowest BCUT2D eigenvalue weighted by Crippen LogP contribution is -2.00. The Kier molecular flexibility index (Phi) is 3.84. The number of rotatable bonds is 4. The van der Waals surface area contributed by atoms with Crippen LogP contribution in [0, 0.1) is 5.82 Å². The van der Waals surface area contributed by atoms with Gasteiger partial charge in [-0.25, -0.2) is 9.07 Å². The number of nitrogens with zero attached hydrogens (tertiary/aromatic N) is 3. The maximum absolute atomic E-state index is 13.5. The maximum atomic E-state index is 13.5. The third-order valence-corrected chi connectivity index (χ3v) is 3.30. The van der Waals surface area contributed by atoms with E-state index >= 15 is 0 Å². The zero-order valence-corrected chi connectivity index (χ0v) is 11.9. The molecule has 0 fully saturated rings. The Morgan fingerprint density at radius 1 is 1.18 bits per heavy atom. The van der Waals surface area contributed by atoms with Gasteiger partial charge < -0.3 is 9.84 Å². The molecule has 112 valence electrons. The van der Waals surface area contributed by atoms with Gasteiger partial charge in [0.2, 0.25) is 0 Å². The van der Waals surface area contributed by atoms with Crippen LogP contribution in [0.5, 0.6) is 5.75 Å². The molecule has 2 aromatic carbocycles. The number of halogens is 1. The molecule has 0 saturated carbocycles. The van der Waals surface area contributed by atoms with Crippen molar-refractivity contribution in [1.29, 1.82) is 0 Å². The number of aliphatic hydroxyl groups excluding tert-OH is 1. The molecule has 0 unspecified atom stereocenters. The average molecular weight is 299 g/mol. The molecule has 1 N–H and O–H groups in total. The fourth-order valence-electron chi connectivity index (χ4n) is 2.25. The first-order valence-corrected chi connectivity index (χ1v) is 6.68. The van der Waals surface area contributed by atoms with Crippen LogP contribution in [0.2, 0.25) is 0 Å². The Morgan fingerprint density at radius 2 is 1.95 bits per heavy atom. The molecule has 0 amide bonds. The zero-order valence-electron chi connectivity index (χ0n) is 11.9. The summed E-state index contributed by atoms with van der Waals surface area (Å²) in [4.78, 5) is 0. The van der Waals surface area contributed by atoms with E-state index in [1.54, 1.807) is 36.1 Å². The van der Waals surface area contributed by atoms with E-state index in [0.717, 1.165) is 11.4 Å². The summed E-state index contributed by atoms with van der Waals surface area (Å²) in [5.41, 5.74) is 2.30. The van der Waals surface area contributed by atoms with Crippen molar-refractivity contribution in [3.63, 3.8) is 0 Å². The molecule has 3 aromatic rings. The topological polar surface area (TPSA) is 60.2 Å². The fourth-order valence-corrected chi connectivity index (χ4v) is 2.25. The quantitative estimate of drug-likeness (QED) is 0.804. The zero-order chi connectivity index (χ0) is 15.5. The van der Waals surface area contributed by atoms with Gasteiger partial charge in [-0.05, 0) is 36.4 Å².